The Balaban J connectivity index is 1.22. The van der Waals surface area contributed by atoms with Crippen molar-refractivity contribution in [1.29, 1.82) is 0 Å². The van der Waals surface area contributed by atoms with Crippen molar-refractivity contribution in [2.24, 2.45) is 0 Å². The SMILES string of the molecule is Cc1cccc2c3ccccc3n(-c3c(-c4nc(-c5ccccc5)nc(-c5ccccc5)n4)c(-n4c5ccccc5c5cccc(C)c54)c(-n4c5ccccc5c5cccc(C)c54)c(-c4nc(-c5ccccc5)nc(-c5ccccc5)n4)c3-n3c4ccccc4c4cccc(C)c43)c12. The van der Waals surface area contributed by atoms with Gasteiger partial charge in [0.1, 0.15) is 0 Å². The summed E-state index contributed by atoms with van der Waals surface area (Å²) in [6, 6.07) is 104. The molecule has 0 saturated heterocycles. The van der Waals surface area contributed by atoms with Crippen molar-refractivity contribution in [3.05, 3.63) is 313 Å². The number of fused-ring (bicyclic) bond motifs is 12. The lowest BCUT2D eigenvalue weighted by Crippen LogP contribution is -2.18. The summed E-state index contributed by atoms with van der Waals surface area (Å²) < 4.78 is 10.1. The van der Waals surface area contributed by atoms with Crippen LogP contribution in [0.4, 0.5) is 0 Å². The lowest BCUT2D eigenvalue weighted by molar-refractivity contribution is 1.00. The number of para-hydroxylation sites is 8. The molecule has 10 heteroatoms. The minimum atomic E-state index is 0.455. The maximum atomic E-state index is 6.04. The first kappa shape index (κ1) is 56.6. The molecule has 13 aromatic carbocycles. The van der Waals surface area contributed by atoms with Crippen molar-refractivity contribution in [1.82, 2.24) is 48.2 Å². The molecule has 0 fully saturated rings. The average Bonchev–Trinajstić information content (AvgIpc) is 1.42. The molecule has 0 unspecified atom stereocenters. The van der Waals surface area contributed by atoms with Crippen molar-refractivity contribution in [3.8, 4) is 91.1 Å². The van der Waals surface area contributed by atoms with Crippen LogP contribution in [0.2, 0.25) is 0 Å². The topological polar surface area (TPSA) is 97.1 Å². The Morgan fingerprint density at radius 3 is 0.612 bits per heavy atom. The van der Waals surface area contributed by atoms with Crippen molar-refractivity contribution in [2.75, 3.05) is 0 Å². The first-order chi connectivity index (χ1) is 48.3. The molecule has 0 bridgehead atoms. The third-order valence-electron chi connectivity index (χ3n) is 19.7. The molecule has 0 saturated carbocycles. The Kier molecular flexibility index (Phi) is 12.9. The Morgan fingerprint density at radius 2 is 0.378 bits per heavy atom. The maximum Gasteiger partial charge on any atom is 0.168 e. The van der Waals surface area contributed by atoms with Gasteiger partial charge in [0.15, 0.2) is 34.9 Å². The minimum Gasteiger partial charge on any atom is -0.306 e. The van der Waals surface area contributed by atoms with Gasteiger partial charge in [-0.3, -0.25) is 0 Å². The van der Waals surface area contributed by atoms with Crippen LogP contribution in [0.1, 0.15) is 22.3 Å². The molecule has 0 N–H and O–H groups in total. The molecule has 19 rings (SSSR count). The molecule has 0 spiro atoms. The third kappa shape index (κ3) is 8.60. The molecule has 6 aromatic heterocycles. The smallest absolute Gasteiger partial charge is 0.168 e. The molecule has 0 amide bonds. The molecular formula is C88H60N10. The van der Waals surface area contributed by atoms with Crippen LogP contribution in [0.5, 0.6) is 0 Å². The highest BCUT2D eigenvalue weighted by Crippen LogP contribution is 2.55. The van der Waals surface area contributed by atoms with Gasteiger partial charge in [0.2, 0.25) is 0 Å². The normalized spacial score (nSPS) is 11.9. The summed E-state index contributed by atoms with van der Waals surface area (Å²) in [4.78, 5) is 35.2. The summed E-state index contributed by atoms with van der Waals surface area (Å²) in [7, 11) is 0. The summed E-state index contributed by atoms with van der Waals surface area (Å²) in [5, 5.41) is 8.72. The fourth-order valence-corrected chi connectivity index (χ4v) is 15.5. The Hall–Kier alpha value is -12.9. The van der Waals surface area contributed by atoms with E-state index in [4.69, 9.17) is 29.9 Å². The number of aromatic nitrogens is 10. The second-order valence-electron chi connectivity index (χ2n) is 25.5. The largest absolute Gasteiger partial charge is 0.306 e. The van der Waals surface area contributed by atoms with E-state index in [-0.39, 0.29) is 0 Å². The molecule has 0 atom stereocenters. The number of benzene rings is 13. The van der Waals surface area contributed by atoms with E-state index in [1.807, 2.05) is 24.3 Å². The third-order valence-corrected chi connectivity index (χ3v) is 19.7. The molecule has 0 aliphatic heterocycles. The Bertz CT molecular complexity index is 5690. The number of nitrogens with zero attached hydrogens (tertiary/aromatic N) is 10. The van der Waals surface area contributed by atoms with Gasteiger partial charge in [0.25, 0.3) is 0 Å². The van der Waals surface area contributed by atoms with Crippen molar-refractivity contribution in [2.45, 2.75) is 27.7 Å². The standard InChI is InChI=1S/C88H60N10/c1-53-29-25-45-65-61-41-17-21-49-69(61)95(75(53)65)79-73(87-91-83(57-33-9-5-10-34-57)89-84(92-87)58-35-11-6-12-36-58)81(97-71-51-23-19-43-63(71)67-47-27-31-55(3)77(67)97)82(98-72-52-24-20-44-64(72)68-48-28-32-56(4)78(68)98)74(80(79)96-70-50-22-18-42-62(70)66-46-26-30-54(2)76(66)96)88-93-85(59-37-13-7-14-38-59)90-86(94-88)60-39-15-8-16-40-60/h5-52H,1-4H3. The van der Waals surface area contributed by atoms with Gasteiger partial charge in [-0.1, -0.05) is 267 Å². The summed E-state index contributed by atoms with van der Waals surface area (Å²) >= 11 is 0. The Morgan fingerprint density at radius 1 is 0.184 bits per heavy atom. The lowest BCUT2D eigenvalue weighted by Gasteiger charge is -2.31. The van der Waals surface area contributed by atoms with E-state index < -0.39 is 0 Å². The van der Waals surface area contributed by atoms with Crippen LogP contribution >= 0.6 is 0 Å². The lowest BCUT2D eigenvalue weighted by atomic mass is 9.95. The summed E-state index contributed by atoms with van der Waals surface area (Å²) in [5.74, 6) is 3.00. The number of hydrogen-bond acceptors (Lipinski definition) is 6. The van der Waals surface area contributed by atoms with Gasteiger partial charge in [-0.15, -0.1) is 0 Å². The first-order valence-corrected chi connectivity index (χ1v) is 33.3. The number of hydrogen-bond donors (Lipinski definition) is 0. The van der Waals surface area contributed by atoms with E-state index in [0.29, 0.717) is 34.9 Å². The van der Waals surface area contributed by atoms with Crippen LogP contribution in [0.15, 0.2) is 291 Å². The van der Waals surface area contributed by atoms with Crippen LogP contribution in [-0.2, 0) is 0 Å². The molecule has 19 aromatic rings. The maximum absolute atomic E-state index is 6.04. The van der Waals surface area contributed by atoms with Crippen LogP contribution in [0, 0.1) is 27.7 Å². The highest BCUT2D eigenvalue weighted by Gasteiger charge is 2.39. The second kappa shape index (κ2) is 22.4. The molecule has 98 heavy (non-hydrogen) atoms. The summed E-state index contributed by atoms with van der Waals surface area (Å²) in [5.41, 5.74) is 20.4. The van der Waals surface area contributed by atoms with E-state index >= 15 is 0 Å². The van der Waals surface area contributed by atoms with E-state index in [2.05, 4.69) is 313 Å². The highest BCUT2D eigenvalue weighted by molar-refractivity contribution is 6.19. The Labute approximate surface area is 564 Å². The monoisotopic (exact) mass is 1260 g/mol. The van der Waals surface area contributed by atoms with E-state index in [1.165, 1.54) is 0 Å². The zero-order chi connectivity index (χ0) is 65.3. The predicted octanol–water partition coefficient (Wildman–Crippen LogP) is 21.7. The zero-order valence-corrected chi connectivity index (χ0v) is 54.2. The predicted molar refractivity (Wildman–Crippen MR) is 402 cm³/mol. The van der Waals surface area contributed by atoms with Gasteiger partial charge >= 0.3 is 0 Å². The number of aryl methyl sites for hydroxylation is 4. The van der Waals surface area contributed by atoms with E-state index in [9.17, 15) is 0 Å². The van der Waals surface area contributed by atoms with Gasteiger partial charge in [0, 0.05) is 65.3 Å². The van der Waals surface area contributed by atoms with Gasteiger partial charge in [-0.2, -0.15) is 0 Å². The average molecular weight is 1260 g/mol. The van der Waals surface area contributed by atoms with Crippen LogP contribution in [0.25, 0.3) is 178 Å². The van der Waals surface area contributed by atoms with Crippen molar-refractivity contribution in [3.63, 3.8) is 0 Å². The van der Waals surface area contributed by atoms with Gasteiger partial charge < -0.3 is 18.3 Å². The molecular weight excluding hydrogens is 1200 g/mol. The first-order valence-electron chi connectivity index (χ1n) is 33.3. The second-order valence-corrected chi connectivity index (χ2v) is 25.5. The molecule has 462 valence electrons. The van der Waals surface area contributed by atoms with E-state index in [0.717, 1.165) is 166 Å². The van der Waals surface area contributed by atoms with E-state index in [1.54, 1.807) is 0 Å². The van der Waals surface area contributed by atoms with Gasteiger partial charge in [0.05, 0.1) is 78.0 Å². The van der Waals surface area contributed by atoms with Gasteiger partial charge in [-0.25, -0.2) is 29.9 Å². The van der Waals surface area contributed by atoms with Gasteiger partial charge in [-0.05, 0) is 74.2 Å². The fraction of sp³-hybridized carbons (Fsp3) is 0.0455. The van der Waals surface area contributed by atoms with Crippen molar-refractivity contribution >= 4 is 87.2 Å². The van der Waals surface area contributed by atoms with Crippen LogP contribution < -0.4 is 0 Å². The minimum absolute atomic E-state index is 0.455. The fourth-order valence-electron chi connectivity index (χ4n) is 15.5. The quantitative estimate of drug-likeness (QED) is 0.135. The van der Waals surface area contributed by atoms with Crippen LogP contribution in [0.3, 0.4) is 0 Å². The number of rotatable bonds is 10. The molecule has 0 radical (unpaired) electrons. The molecule has 0 aliphatic carbocycles. The molecule has 6 heterocycles. The highest BCUT2D eigenvalue weighted by atomic mass is 15.2. The summed E-state index contributed by atoms with van der Waals surface area (Å²) in [6.45, 7) is 8.96. The van der Waals surface area contributed by atoms with Crippen LogP contribution in [-0.4, -0.2) is 48.2 Å². The van der Waals surface area contributed by atoms with Crippen molar-refractivity contribution < 1.29 is 0 Å². The molecule has 0 aliphatic rings. The molecule has 10 nitrogen and oxygen atoms in total. The zero-order valence-electron chi connectivity index (χ0n) is 54.2. The summed E-state index contributed by atoms with van der Waals surface area (Å²) in [6.07, 6.45) is 0.